The SMILES string of the molecule is O=C1C2=C(OC(CBr)C2)c2cccc3cccc1c23. The highest BCUT2D eigenvalue weighted by atomic mass is 79.9. The normalized spacial score (nSPS) is 20.7. The first kappa shape index (κ1) is 11.2. The lowest BCUT2D eigenvalue weighted by Crippen LogP contribution is -2.10. The minimum atomic E-state index is 0.0681. The highest BCUT2D eigenvalue weighted by molar-refractivity contribution is 9.09. The van der Waals surface area contributed by atoms with Gasteiger partial charge >= 0.3 is 0 Å². The van der Waals surface area contributed by atoms with Crippen molar-refractivity contribution in [1.82, 2.24) is 0 Å². The quantitative estimate of drug-likeness (QED) is 0.745. The average molecular weight is 315 g/mol. The van der Waals surface area contributed by atoms with Crippen LogP contribution < -0.4 is 0 Å². The van der Waals surface area contributed by atoms with Gasteiger partial charge in [0, 0.05) is 33.8 Å². The maximum absolute atomic E-state index is 12.6. The van der Waals surface area contributed by atoms with Crippen molar-refractivity contribution < 1.29 is 9.53 Å². The summed E-state index contributed by atoms with van der Waals surface area (Å²) in [6.45, 7) is 0. The van der Waals surface area contributed by atoms with Gasteiger partial charge in [0.1, 0.15) is 11.9 Å². The van der Waals surface area contributed by atoms with E-state index in [2.05, 4.69) is 15.9 Å². The summed E-state index contributed by atoms with van der Waals surface area (Å²) in [6, 6.07) is 12.0. The molecule has 0 fully saturated rings. The van der Waals surface area contributed by atoms with Crippen molar-refractivity contribution in [3.05, 3.63) is 53.1 Å². The number of rotatable bonds is 1. The van der Waals surface area contributed by atoms with Crippen LogP contribution in [-0.2, 0) is 4.74 Å². The fourth-order valence-electron chi connectivity index (χ4n) is 2.99. The number of ether oxygens (including phenoxy) is 1. The predicted octanol–water partition coefficient (Wildman–Crippen LogP) is 3.93. The van der Waals surface area contributed by atoms with Crippen molar-refractivity contribution in [2.75, 3.05) is 5.33 Å². The number of hydrogen-bond donors (Lipinski definition) is 0. The van der Waals surface area contributed by atoms with Crippen molar-refractivity contribution in [1.29, 1.82) is 0 Å². The zero-order chi connectivity index (χ0) is 13.0. The summed E-state index contributed by atoms with van der Waals surface area (Å²) in [4.78, 5) is 12.6. The standard InChI is InChI=1S/C16H11BrO2/c17-8-10-7-13-15(18)11-5-1-3-9-4-2-6-12(14(9)11)16(13)19-10/h1-6,10H,7-8H2. The van der Waals surface area contributed by atoms with Crippen LogP contribution in [0.3, 0.4) is 0 Å². The third-order valence-electron chi connectivity index (χ3n) is 3.83. The molecule has 2 aliphatic rings. The smallest absolute Gasteiger partial charge is 0.193 e. The summed E-state index contributed by atoms with van der Waals surface area (Å²) in [5.74, 6) is 0.918. The van der Waals surface area contributed by atoms with E-state index in [0.717, 1.165) is 38.6 Å². The van der Waals surface area contributed by atoms with E-state index in [1.807, 2.05) is 36.4 Å². The number of fused-ring (bicyclic) bond motifs is 1. The Hall–Kier alpha value is -1.61. The van der Waals surface area contributed by atoms with Crippen molar-refractivity contribution in [2.24, 2.45) is 0 Å². The summed E-state index contributed by atoms with van der Waals surface area (Å²) in [5, 5.41) is 2.88. The maximum Gasteiger partial charge on any atom is 0.193 e. The van der Waals surface area contributed by atoms with Gasteiger partial charge in [-0.15, -0.1) is 0 Å². The van der Waals surface area contributed by atoms with Crippen molar-refractivity contribution >= 4 is 38.2 Å². The van der Waals surface area contributed by atoms with Gasteiger partial charge in [0.2, 0.25) is 0 Å². The van der Waals surface area contributed by atoms with Crippen LogP contribution in [0.4, 0.5) is 0 Å². The van der Waals surface area contributed by atoms with Crippen LogP contribution in [0.25, 0.3) is 16.5 Å². The lowest BCUT2D eigenvalue weighted by atomic mass is 9.86. The van der Waals surface area contributed by atoms with E-state index in [1.54, 1.807) is 0 Å². The molecule has 1 aliphatic heterocycles. The first-order chi connectivity index (χ1) is 9.29. The largest absolute Gasteiger partial charge is 0.488 e. The van der Waals surface area contributed by atoms with Crippen LogP contribution in [0.1, 0.15) is 22.3 Å². The van der Waals surface area contributed by atoms with E-state index in [1.165, 1.54) is 0 Å². The third kappa shape index (κ3) is 1.45. The Balaban J connectivity index is 2.04. The molecule has 0 amide bonds. The summed E-state index contributed by atoms with van der Waals surface area (Å²) in [6.07, 6.45) is 0.767. The molecule has 0 saturated carbocycles. The molecule has 0 bridgehead atoms. The van der Waals surface area contributed by atoms with Gasteiger partial charge < -0.3 is 4.74 Å². The number of alkyl halides is 1. The summed E-state index contributed by atoms with van der Waals surface area (Å²) in [5.41, 5.74) is 2.70. The number of carbonyl (C=O) groups excluding carboxylic acids is 1. The molecule has 0 spiro atoms. The molecule has 1 heterocycles. The molecule has 2 aromatic carbocycles. The second kappa shape index (κ2) is 3.94. The van der Waals surface area contributed by atoms with E-state index in [0.29, 0.717) is 6.42 Å². The number of halogens is 1. The van der Waals surface area contributed by atoms with Gasteiger partial charge in [-0.1, -0.05) is 52.3 Å². The Bertz CT molecular complexity index is 740. The molecular formula is C16H11BrO2. The number of carbonyl (C=O) groups is 1. The second-order valence-corrected chi connectivity index (χ2v) is 5.59. The highest BCUT2D eigenvalue weighted by Gasteiger charge is 2.35. The molecule has 1 unspecified atom stereocenters. The predicted molar refractivity (Wildman–Crippen MR) is 78.5 cm³/mol. The van der Waals surface area contributed by atoms with Crippen molar-refractivity contribution in [3.8, 4) is 0 Å². The van der Waals surface area contributed by atoms with Gasteiger partial charge in [-0.3, -0.25) is 4.79 Å². The van der Waals surface area contributed by atoms with Gasteiger partial charge in [0.05, 0.1) is 0 Å². The summed E-state index contributed by atoms with van der Waals surface area (Å²) >= 11 is 3.44. The van der Waals surface area contributed by atoms with Crippen LogP contribution in [-0.4, -0.2) is 17.2 Å². The van der Waals surface area contributed by atoms with Crippen LogP contribution >= 0.6 is 15.9 Å². The van der Waals surface area contributed by atoms with E-state index in [-0.39, 0.29) is 11.9 Å². The number of Topliss-reactive ketones (excluding diaryl/α,β-unsaturated/α-hetero) is 1. The molecular weight excluding hydrogens is 304 g/mol. The first-order valence-electron chi connectivity index (χ1n) is 6.32. The highest BCUT2D eigenvalue weighted by Crippen LogP contribution is 2.43. The fraction of sp³-hybridized carbons (Fsp3) is 0.188. The minimum Gasteiger partial charge on any atom is -0.488 e. The minimum absolute atomic E-state index is 0.0681. The molecule has 94 valence electrons. The molecule has 4 rings (SSSR count). The molecule has 0 saturated heterocycles. The van der Waals surface area contributed by atoms with Crippen molar-refractivity contribution in [2.45, 2.75) is 12.5 Å². The topological polar surface area (TPSA) is 26.3 Å². The molecule has 0 radical (unpaired) electrons. The van der Waals surface area contributed by atoms with Crippen LogP contribution in [0.15, 0.2) is 42.0 Å². The molecule has 0 N–H and O–H groups in total. The number of ketones is 1. The van der Waals surface area contributed by atoms with Crippen LogP contribution in [0.2, 0.25) is 0 Å². The Morgan fingerprint density at radius 1 is 1.16 bits per heavy atom. The monoisotopic (exact) mass is 314 g/mol. The van der Waals surface area contributed by atoms with Crippen LogP contribution in [0.5, 0.6) is 0 Å². The van der Waals surface area contributed by atoms with E-state index >= 15 is 0 Å². The third-order valence-corrected chi connectivity index (χ3v) is 4.55. The average Bonchev–Trinajstić information content (AvgIpc) is 2.89. The Kier molecular flexibility index (Phi) is 2.33. The molecule has 19 heavy (non-hydrogen) atoms. The van der Waals surface area contributed by atoms with E-state index in [9.17, 15) is 4.79 Å². The van der Waals surface area contributed by atoms with Crippen LogP contribution in [0, 0.1) is 0 Å². The van der Waals surface area contributed by atoms with Gasteiger partial charge in [0.15, 0.2) is 5.78 Å². The first-order valence-corrected chi connectivity index (χ1v) is 7.44. The van der Waals surface area contributed by atoms with E-state index in [4.69, 9.17) is 4.74 Å². The molecule has 2 aromatic rings. The molecule has 0 aromatic heterocycles. The fourth-order valence-corrected chi connectivity index (χ4v) is 3.35. The van der Waals surface area contributed by atoms with Gasteiger partial charge in [0.25, 0.3) is 0 Å². The molecule has 1 atom stereocenters. The van der Waals surface area contributed by atoms with Gasteiger partial charge in [-0.25, -0.2) is 0 Å². The Morgan fingerprint density at radius 2 is 1.89 bits per heavy atom. The Morgan fingerprint density at radius 3 is 2.63 bits per heavy atom. The summed E-state index contributed by atoms with van der Waals surface area (Å²) in [7, 11) is 0. The zero-order valence-corrected chi connectivity index (χ0v) is 11.7. The van der Waals surface area contributed by atoms with Gasteiger partial charge in [-0.2, -0.15) is 0 Å². The lowest BCUT2D eigenvalue weighted by Gasteiger charge is -2.17. The maximum atomic E-state index is 12.6. The molecule has 2 nitrogen and oxygen atoms in total. The second-order valence-electron chi connectivity index (χ2n) is 4.94. The molecule has 1 aliphatic carbocycles. The summed E-state index contributed by atoms with van der Waals surface area (Å²) < 4.78 is 5.94. The lowest BCUT2D eigenvalue weighted by molar-refractivity contribution is 0.103. The molecule has 3 heteroatoms. The van der Waals surface area contributed by atoms with Gasteiger partial charge in [-0.05, 0) is 5.39 Å². The zero-order valence-electron chi connectivity index (χ0n) is 10.2. The van der Waals surface area contributed by atoms with Crippen molar-refractivity contribution in [3.63, 3.8) is 0 Å². The number of benzene rings is 2. The number of hydrogen-bond acceptors (Lipinski definition) is 2. The Labute approximate surface area is 119 Å². The van der Waals surface area contributed by atoms with E-state index < -0.39 is 0 Å².